The molecule has 1 fully saturated rings. The van der Waals surface area contributed by atoms with E-state index in [0.29, 0.717) is 0 Å². The maximum Gasteiger partial charge on any atom is 0.130 e. The molecule has 6 nitrogen and oxygen atoms in total. The van der Waals surface area contributed by atoms with Gasteiger partial charge in [-0.3, -0.25) is 4.98 Å². The van der Waals surface area contributed by atoms with Gasteiger partial charge in [-0.05, 0) is 62.3 Å². The summed E-state index contributed by atoms with van der Waals surface area (Å²) in [6.45, 7) is 3.05. The first-order chi connectivity index (χ1) is 14.7. The van der Waals surface area contributed by atoms with Gasteiger partial charge in [0, 0.05) is 55.2 Å². The highest BCUT2D eigenvalue weighted by Crippen LogP contribution is 2.27. The molecule has 3 aromatic heterocycles. The molecule has 1 aromatic carbocycles. The van der Waals surface area contributed by atoms with Crippen molar-refractivity contribution in [3.8, 4) is 16.8 Å². The second-order valence-corrected chi connectivity index (χ2v) is 8.22. The summed E-state index contributed by atoms with van der Waals surface area (Å²) in [6.07, 6.45) is 10.2. The van der Waals surface area contributed by atoms with Gasteiger partial charge in [-0.1, -0.05) is 6.07 Å². The van der Waals surface area contributed by atoms with Crippen LogP contribution in [0, 0.1) is 0 Å². The zero-order chi connectivity index (χ0) is 20.5. The molecule has 0 N–H and O–H groups in total. The Morgan fingerprint density at radius 2 is 1.80 bits per heavy atom. The van der Waals surface area contributed by atoms with Crippen LogP contribution in [-0.2, 0) is 6.54 Å². The Morgan fingerprint density at radius 3 is 2.63 bits per heavy atom. The average Bonchev–Trinajstić information content (AvgIpc) is 3.43. The van der Waals surface area contributed by atoms with E-state index >= 15 is 0 Å². The van der Waals surface area contributed by atoms with Crippen molar-refractivity contribution >= 4 is 16.7 Å². The fourth-order valence-electron chi connectivity index (χ4n) is 4.17. The van der Waals surface area contributed by atoms with Crippen LogP contribution in [0.2, 0.25) is 0 Å². The van der Waals surface area contributed by atoms with E-state index in [-0.39, 0.29) is 0 Å². The zero-order valence-corrected chi connectivity index (χ0v) is 17.5. The van der Waals surface area contributed by atoms with Crippen LogP contribution in [0.3, 0.4) is 0 Å². The highest BCUT2D eigenvalue weighted by molar-refractivity contribution is 5.85. The number of pyridine rings is 2. The Bertz CT molecular complexity index is 1170. The summed E-state index contributed by atoms with van der Waals surface area (Å²) >= 11 is 0. The number of rotatable bonds is 5. The third-order valence-electron chi connectivity index (χ3n) is 5.60. The minimum atomic E-state index is 0.877. The lowest BCUT2D eigenvalue weighted by molar-refractivity contribution is 0.402. The minimum Gasteiger partial charge on any atom is -0.357 e. The van der Waals surface area contributed by atoms with Crippen LogP contribution >= 0.6 is 0 Å². The third kappa shape index (κ3) is 3.66. The summed E-state index contributed by atoms with van der Waals surface area (Å²) in [7, 11) is 4.14. The van der Waals surface area contributed by atoms with Crippen molar-refractivity contribution in [3.05, 3.63) is 66.7 Å². The Morgan fingerprint density at radius 1 is 0.933 bits per heavy atom. The quantitative estimate of drug-likeness (QED) is 0.506. The van der Waals surface area contributed by atoms with Crippen LogP contribution in [0.15, 0.2) is 61.2 Å². The maximum absolute atomic E-state index is 4.67. The molecule has 0 atom stereocenters. The molecule has 30 heavy (non-hydrogen) atoms. The Balaban J connectivity index is 1.48. The third-order valence-corrected chi connectivity index (χ3v) is 5.60. The number of aromatic nitrogens is 4. The number of nitrogens with zero attached hydrogens (tertiary/aromatic N) is 6. The molecular formula is C24H26N6. The van der Waals surface area contributed by atoms with Gasteiger partial charge in [-0.25, -0.2) is 9.67 Å². The molecule has 0 saturated carbocycles. The molecule has 1 saturated heterocycles. The molecule has 0 bridgehead atoms. The molecule has 0 radical (unpaired) electrons. The van der Waals surface area contributed by atoms with Crippen LogP contribution in [0.1, 0.15) is 18.4 Å². The van der Waals surface area contributed by atoms with E-state index in [0.717, 1.165) is 53.2 Å². The van der Waals surface area contributed by atoms with Gasteiger partial charge in [-0.2, -0.15) is 5.10 Å². The fraction of sp³-hybridized carbons (Fsp3) is 0.292. The van der Waals surface area contributed by atoms with Gasteiger partial charge in [0.15, 0.2) is 0 Å². The first kappa shape index (κ1) is 18.8. The van der Waals surface area contributed by atoms with Crippen molar-refractivity contribution in [3.63, 3.8) is 0 Å². The normalized spacial score (nSPS) is 14.2. The molecule has 5 rings (SSSR count). The zero-order valence-electron chi connectivity index (χ0n) is 17.5. The molecule has 1 aliphatic heterocycles. The van der Waals surface area contributed by atoms with Crippen LogP contribution in [0.25, 0.3) is 27.7 Å². The lowest BCUT2D eigenvalue weighted by atomic mass is 10.0. The fourth-order valence-corrected chi connectivity index (χ4v) is 4.17. The van der Waals surface area contributed by atoms with Crippen LogP contribution in [-0.4, -0.2) is 51.8 Å². The van der Waals surface area contributed by atoms with Gasteiger partial charge >= 0.3 is 0 Å². The Kier molecular flexibility index (Phi) is 4.93. The van der Waals surface area contributed by atoms with Gasteiger partial charge in [-0.15, -0.1) is 0 Å². The lowest BCUT2D eigenvalue weighted by Gasteiger charge is -2.17. The van der Waals surface area contributed by atoms with E-state index in [2.05, 4.69) is 69.3 Å². The summed E-state index contributed by atoms with van der Waals surface area (Å²) in [5, 5.41) is 5.79. The van der Waals surface area contributed by atoms with E-state index in [4.69, 9.17) is 0 Å². The van der Waals surface area contributed by atoms with Crippen LogP contribution < -0.4 is 4.90 Å². The topological polar surface area (TPSA) is 50.1 Å². The summed E-state index contributed by atoms with van der Waals surface area (Å²) in [6, 6.07) is 12.9. The standard InChI is InChI=1S/C24H26N6/c1-28(2)17-18-11-20(15-25-14-18)19-5-6-23-21(12-19)16-27-30(23)22-7-8-26-24(13-22)29-9-3-4-10-29/h5-8,11-16H,3-4,9-10,17H2,1-2H3. The van der Waals surface area contributed by atoms with E-state index in [1.807, 2.05) is 35.5 Å². The van der Waals surface area contributed by atoms with Crippen molar-refractivity contribution in [1.29, 1.82) is 0 Å². The summed E-state index contributed by atoms with van der Waals surface area (Å²) < 4.78 is 2.00. The molecule has 152 valence electrons. The average molecular weight is 399 g/mol. The Labute approximate surface area is 176 Å². The molecule has 0 unspecified atom stereocenters. The van der Waals surface area contributed by atoms with Gasteiger partial charge < -0.3 is 9.80 Å². The first-order valence-electron chi connectivity index (χ1n) is 10.5. The van der Waals surface area contributed by atoms with Crippen molar-refractivity contribution in [2.24, 2.45) is 0 Å². The first-order valence-corrected chi connectivity index (χ1v) is 10.5. The SMILES string of the molecule is CN(C)Cc1cncc(-c2ccc3c(cnn3-c3ccnc(N4CCCC4)c3)c2)c1. The van der Waals surface area contributed by atoms with Crippen molar-refractivity contribution in [2.45, 2.75) is 19.4 Å². The highest BCUT2D eigenvalue weighted by Gasteiger charge is 2.15. The molecule has 1 aliphatic rings. The predicted molar refractivity (Wildman–Crippen MR) is 121 cm³/mol. The summed E-state index contributed by atoms with van der Waals surface area (Å²) in [4.78, 5) is 13.5. The van der Waals surface area contributed by atoms with E-state index < -0.39 is 0 Å². The number of benzene rings is 1. The Hall–Kier alpha value is -3.25. The monoisotopic (exact) mass is 398 g/mol. The second kappa shape index (κ2) is 7.88. The number of hydrogen-bond donors (Lipinski definition) is 0. The van der Waals surface area contributed by atoms with E-state index in [9.17, 15) is 0 Å². The molecule has 0 spiro atoms. The molecule has 0 aliphatic carbocycles. The van der Waals surface area contributed by atoms with Gasteiger partial charge in [0.05, 0.1) is 17.4 Å². The molecule has 6 heteroatoms. The molecular weight excluding hydrogens is 372 g/mol. The van der Waals surface area contributed by atoms with Gasteiger partial charge in [0.1, 0.15) is 5.82 Å². The van der Waals surface area contributed by atoms with Crippen LogP contribution in [0.4, 0.5) is 5.82 Å². The largest absolute Gasteiger partial charge is 0.357 e. The smallest absolute Gasteiger partial charge is 0.130 e. The highest BCUT2D eigenvalue weighted by atomic mass is 15.3. The van der Waals surface area contributed by atoms with Gasteiger partial charge in [0.2, 0.25) is 0 Å². The van der Waals surface area contributed by atoms with E-state index in [1.54, 1.807) is 0 Å². The lowest BCUT2D eigenvalue weighted by Crippen LogP contribution is -2.19. The predicted octanol–water partition coefficient (Wildman–Crippen LogP) is 4.14. The van der Waals surface area contributed by atoms with Crippen LogP contribution in [0.5, 0.6) is 0 Å². The number of fused-ring (bicyclic) bond motifs is 1. The number of anilines is 1. The maximum atomic E-state index is 4.67. The minimum absolute atomic E-state index is 0.877. The van der Waals surface area contributed by atoms with Crippen molar-refractivity contribution < 1.29 is 0 Å². The van der Waals surface area contributed by atoms with Gasteiger partial charge in [0.25, 0.3) is 0 Å². The summed E-state index contributed by atoms with van der Waals surface area (Å²) in [5.41, 5.74) is 5.63. The van der Waals surface area contributed by atoms with Crippen molar-refractivity contribution in [2.75, 3.05) is 32.1 Å². The molecule has 4 aromatic rings. The summed E-state index contributed by atoms with van der Waals surface area (Å²) in [5.74, 6) is 1.04. The molecule has 4 heterocycles. The van der Waals surface area contributed by atoms with E-state index in [1.165, 1.54) is 18.4 Å². The molecule has 0 amide bonds. The van der Waals surface area contributed by atoms with Crippen molar-refractivity contribution in [1.82, 2.24) is 24.6 Å². The number of hydrogen-bond acceptors (Lipinski definition) is 5. The second-order valence-electron chi connectivity index (χ2n) is 8.22.